The number of amides is 2. The molecular formula is C21H27N5O5S. The van der Waals surface area contributed by atoms with Crippen LogP contribution >= 0.6 is 0 Å². The van der Waals surface area contributed by atoms with Crippen LogP contribution in [0.4, 0.5) is 11.4 Å². The second-order valence-corrected chi connectivity index (χ2v) is 10.1. The average molecular weight is 462 g/mol. The monoisotopic (exact) mass is 461 g/mol. The SMILES string of the molecule is Cc1noc(C)c1S(=O)(=O)N1CCN(CC(=O)N2c3ccccc3NC(=O)CC2C)CC1. The number of rotatable bonds is 4. The summed E-state index contributed by atoms with van der Waals surface area (Å²) in [6.07, 6.45) is 0.212. The molecule has 172 valence electrons. The zero-order valence-electron chi connectivity index (χ0n) is 18.4. The van der Waals surface area contributed by atoms with Gasteiger partial charge in [-0.05, 0) is 32.9 Å². The molecule has 1 aromatic heterocycles. The summed E-state index contributed by atoms with van der Waals surface area (Å²) in [5, 5.41) is 6.60. The van der Waals surface area contributed by atoms with E-state index in [2.05, 4.69) is 10.5 Å². The van der Waals surface area contributed by atoms with Crippen molar-refractivity contribution < 1.29 is 22.5 Å². The van der Waals surface area contributed by atoms with Crippen molar-refractivity contribution in [2.45, 2.75) is 38.1 Å². The highest BCUT2D eigenvalue weighted by molar-refractivity contribution is 7.89. The van der Waals surface area contributed by atoms with Crippen molar-refractivity contribution in [3.8, 4) is 0 Å². The summed E-state index contributed by atoms with van der Waals surface area (Å²) in [5.41, 5.74) is 1.64. The van der Waals surface area contributed by atoms with Crippen LogP contribution in [-0.4, -0.2) is 73.4 Å². The van der Waals surface area contributed by atoms with E-state index in [9.17, 15) is 18.0 Å². The smallest absolute Gasteiger partial charge is 0.248 e. The number of nitrogens with one attached hydrogen (secondary N) is 1. The summed E-state index contributed by atoms with van der Waals surface area (Å²) >= 11 is 0. The molecule has 2 amide bonds. The molecule has 0 spiro atoms. The molecule has 4 rings (SSSR count). The van der Waals surface area contributed by atoms with Gasteiger partial charge in [-0.25, -0.2) is 8.42 Å². The lowest BCUT2D eigenvalue weighted by atomic mass is 10.1. The molecule has 1 aromatic carbocycles. The first-order valence-electron chi connectivity index (χ1n) is 10.5. The number of carbonyl (C=O) groups is 2. The average Bonchev–Trinajstić information content (AvgIpc) is 3.01. The minimum absolute atomic E-state index is 0.120. The Balaban J connectivity index is 1.44. The normalized spacial score (nSPS) is 20.5. The van der Waals surface area contributed by atoms with Gasteiger partial charge >= 0.3 is 0 Å². The van der Waals surface area contributed by atoms with E-state index in [1.165, 1.54) is 4.31 Å². The van der Waals surface area contributed by atoms with Crippen LogP contribution in [0.25, 0.3) is 0 Å². The number of fused-ring (bicyclic) bond motifs is 1. The highest BCUT2D eigenvalue weighted by atomic mass is 32.2. The van der Waals surface area contributed by atoms with E-state index < -0.39 is 10.0 Å². The molecule has 0 saturated carbocycles. The fourth-order valence-corrected chi connectivity index (χ4v) is 6.05. The van der Waals surface area contributed by atoms with Gasteiger partial charge in [-0.3, -0.25) is 14.5 Å². The predicted molar refractivity (Wildman–Crippen MR) is 118 cm³/mol. The third kappa shape index (κ3) is 4.15. The van der Waals surface area contributed by atoms with E-state index in [0.29, 0.717) is 30.2 Å². The van der Waals surface area contributed by atoms with E-state index in [1.54, 1.807) is 24.8 Å². The van der Waals surface area contributed by atoms with Gasteiger partial charge in [0, 0.05) is 38.6 Å². The second kappa shape index (κ2) is 8.64. The predicted octanol–water partition coefficient (Wildman–Crippen LogP) is 1.36. The van der Waals surface area contributed by atoms with Crippen LogP contribution < -0.4 is 10.2 Å². The Bertz CT molecular complexity index is 1120. The van der Waals surface area contributed by atoms with Crippen molar-refractivity contribution in [3.05, 3.63) is 35.7 Å². The number of piperazine rings is 1. The fourth-order valence-electron chi connectivity index (χ4n) is 4.34. The van der Waals surface area contributed by atoms with Gasteiger partial charge in [0.2, 0.25) is 21.8 Å². The Morgan fingerprint density at radius 1 is 1.19 bits per heavy atom. The van der Waals surface area contributed by atoms with Crippen molar-refractivity contribution in [1.82, 2.24) is 14.4 Å². The van der Waals surface area contributed by atoms with E-state index >= 15 is 0 Å². The van der Waals surface area contributed by atoms with Gasteiger partial charge in [0.25, 0.3) is 0 Å². The number of nitrogens with zero attached hydrogens (tertiary/aromatic N) is 4. The molecule has 11 heteroatoms. The van der Waals surface area contributed by atoms with Crippen LogP contribution in [0.2, 0.25) is 0 Å². The highest BCUT2D eigenvalue weighted by Gasteiger charge is 2.35. The number of para-hydroxylation sites is 2. The molecule has 1 N–H and O–H groups in total. The first kappa shape index (κ1) is 22.4. The molecule has 1 atom stereocenters. The minimum Gasteiger partial charge on any atom is -0.360 e. The van der Waals surface area contributed by atoms with Crippen LogP contribution in [0, 0.1) is 13.8 Å². The Kier molecular flexibility index (Phi) is 6.06. The van der Waals surface area contributed by atoms with Crippen molar-refractivity contribution in [2.24, 2.45) is 0 Å². The molecule has 2 aliphatic rings. The topological polar surface area (TPSA) is 116 Å². The number of hydrogen-bond acceptors (Lipinski definition) is 7. The van der Waals surface area contributed by atoms with Crippen LogP contribution in [0.3, 0.4) is 0 Å². The largest absolute Gasteiger partial charge is 0.360 e. The Morgan fingerprint density at radius 3 is 2.53 bits per heavy atom. The van der Waals surface area contributed by atoms with E-state index in [4.69, 9.17) is 4.52 Å². The van der Waals surface area contributed by atoms with Crippen molar-refractivity contribution in [1.29, 1.82) is 0 Å². The Hall–Kier alpha value is -2.76. The molecule has 1 saturated heterocycles. The summed E-state index contributed by atoms with van der Waals surface area (Å²) < 4.78 is 32.5. The maximum Gasteiger partial charge on any atom is 0.248 e. The molecule has 1 fully saturated rings. The third-order valence-corrected chi connectivity index (χ3v) is 8.03. The molecular weight excluding hydrogens is 434 g/mol. The zero-order valence-corrected chi connectivity index (χ0v) is 19.2. The van der Waals surface area contributed by atoms with Crippen molar-refractivity contribution in [2.75, 3.05) is 42.9 Å². The lowest BCUT2D eigenvalue weighted by Crippen LogP contribution is -2.52. The number of carbonyl (C=O) groups excluding carboxylic acids is 2. The summed E-state index contributed by atoms with van der Waals surface area (Å²) in [6, 6.07) is 6.97. The van der Waals surface area contributed by atoms with Gasteiger partial charge in [0.1, 0.15) is 10.6 Å². The number of sulfonamides is 1. The van der Waals surface area contributed by atoms with Crippen LogP contribution in [-0.2, 0) is 19.6 Å². The molecule has 10 nitrogen and oxygen atoms in total. The Morgan fingerprint density at radius 2 is 1.88 bits per heavy atom. The number of hydrogen-bond donors (Lipinski definition) is 1. The van der Waals surface area contributed by atoms with Gasteiger partial charge in [0.15, 0.2) is 5.76 Å². The molecule has 0 aliphatic carbocycles. The third-order valence-electron chi connectivity index (χ3n) is 5.88. The van der Waals surface area contributed by atoms with Crippen LogP contribution in [0.1, 0.15) is 24.8 Å². The standard InChI is InChI=1S/C21H27N5O5S/c1-14-12-19(27)22-17-6-4-5-7-18(17)26(14)20(28)13-24-8-10-25(11-9-24)32(29,30)21-15(2)23-31-16(21)3/h4-7,14H,8-13H2,1-3H3,(H,22,27). The highest BCUT2D eigenvalue weighted by Crippen LogP contribution is 2.31. The number of aromatic nitrogens is 1. The van der Waals surface area contributed by atoms with Gasteiger partial charge in [-0.15, -0.1) is 0 Å². The van der Waals surface area contributed by atoms with E-state index in [-0.39, 0.29) is 54.6 Å². The number of anilines is 2. The fraction of sp³-hybridized carbons (Fsp3) is 0.476. The molecule has 2 aliphatic heterocycles. The second-order valence-electron chi connectivity index (χ2n) is 8.22. The van der Waals surface area contributed by atoms with Gasteiger partial charge in [0.05, 0.1) is 17.9 Å². The summed E-state index contributed by atoms with van der Waals surface area (Å²) in [6.45, 7) is 6.59. The van der Waals surface area contributed by atoms with Crippen molar-refractivity contribution >= 4 is 33.2 Å². The molecule has 0 radical (unpaired) electrons. The Labute approximate surface area is 187 Å². The van der Waals surface area contributed by atoms with E-state index in [1.807, 2.05) is 30.0 Å². The molecule has 2 aromatic rings. The van der Waals surface area contributed by atoms with Gasteiger partial charge in [-0.1, -0.05) is 17.3 Å². The molecule has 32 heavy (non-hydrogen) atoms. The maximum atomic E-state index is 13.2. The van der Waals surface area contributed by atoms with Crippen LogP contribution in [0.15, 0.2) is 33.7 Å². The number of benzene rings is 1. The molecule has 0 bridgehead atoms. The summed E-state index contributed by atoms with van der Waals surface area (Å²) in [4.78, 5) is 29.1. The van der Waals surface area contributed by atoms with Gasteiger partial charge in [-0.2, -0.15) is 4.31 Å². The lowest BCUT2D eigenvalue weighted by molar-refractivity contribution is -0.120. The van der Waals surface area contributed by atoms with Crippen molar-refractivity contribution in [3.63, 3.8) is 0 Å². The van der Waals surface area contributed by atoms with E-state index in [0.717, 1.165) is 0 Å². The molecule has 1 unspecified atom stereocenters. The lowest BCUT2D eigenvalue weighted by Gasteiger charge is -2.35. The number of aryl methyl sites for hydroxylation is 2. The van der Waals surface area contributed by atoms with Crippen LogP contribution in [0.5, 0.6) is 0 Å². The molecule has 3 heterocycles. The first-order chi connectivity index (χ1) is 15.2. The maximum absolute atomic E-state index is 13.2. The van der Waals surface area contributed by atoms with Gasteiger partial charge < -0.3 is 14.7 Å². The quantitative estimate of drug-likeness (QED) is 0.731. The summed E-state index contributed by atoms with van der Waals surface area (Å²) in [5.74, 6) is 0.0268. The minimum atomic E-state index is -3.70. The first-order valence-corrected chi connectivity index (χ1v) is 12.0. The summed E-state index contributed by atoms with van der Waals surface area (Å²) in [7, 11) is -3.70. The zero-order chi connectivity index (χ0) is 23.0.